The van der Waals surface area contributed by atoms with Gasteiger partial charge in [-0.15, -0.1) is 6.58 Å². The van der Waals surface area contributed by atoms with Crippen LogP contribution in [0.4, 0.5) is 0 Å². The molecule has 0 saturated carbocycles. The van der Waals surface area contributed by atoms with E-state index in [1.807, 2.05) is 11.8 Å². The van der Waals surface area contributed by atoms with E-state index in [0.29, 0.717) is 6.61 Å². The molecule has 1 aromatic rings. The Bertz CT molecular complexity index is 594. The molecule has 0 radical (unpaired) electrons. The molecule has 2 heterocycles. The molecule has 0 spiro atoms. The zero-order valence-corrected chi connectivity index (χ0v) is 14.4. The van der Waals surface area contributed by atoms with Crippen LogP contribution in [-0.4, -0.2) is 61.2 Å². The molecular weight excluding hydrogens is 304 g/mol. The van der Waals surface area contributed by atoms with Gasteiger partial charge in [0.05, 0.1) is 13.2 Å². The van der Waals surface area contributed by atoms with E-state index >= 15 is 0 Å². The molecule has 2 aliphatic rings. The van der Waals surface area contributed by atoms with Crippen LogP contribution in [0.3, 0.4) is 0 Å². The van der Waals surface area contributed by atoms with Gasteiger partial charge in [-0.1, -0.05) is 18.2 Å². The standard InChI is InChI=1S/C19H26N2O3/c1-3-11-23-15(2)19(22)21-9-7-20(8-10-21)14-16-4-5-18-17(13-16)6-12-24-18/h3-5,13,15H,1,6-12,14H2,2H3. The van der Waals surface area contributed by atoms with Crippen molar-refractivity contribution < 1.29 is 14.3 Å². The second-order valence-corrected chi connectivity index (χ2v) is 6.41. The van der Waals surface area contributed by atoms with Crippen LogP contribution >= 0.6 is 0 Å². The van der Waals surface area contributed by atoms with E-state index in [1.54, 1.807) is 6.08 Å². The smallest absolute Gasteiger partial charge is 0.251 e. The summed E-state index contributed by atoms with van der Waals surface area (Å²) < 4.78 is 11.0. The number of hydrogen-bond acceptors (Lipinski definition) is 4. The van der Waals surface area contributed by atoms with Gasteiger partial charge in [0, 0.05) is 39.1 Å². The molecule has 5 nitrogen and oxygen atoms in total. The minimum absolute atomic E-state index is 0.0752. The van der Waals surface area contributed by atoms with Crippen LogP contribution < -0.4 is 4.74 Å². The summed E-state index contributed by atoms with van der Waals surface area (Å²) in [6.45, 7) is 10.9. The second-order valence-electron chi connectivity index (χ2n) is 6.41. The summed E-state index contributed by atoms with van der Waals surface area (Å²) in [7, 11) is 0. The Balaban J connectivity index is 1.48. The van der Waals surface area contributed by atoms with Gasteiger partial charge in [0.1, 0.15) is 11.9 Å². The third-order valence-electron chi connectivity index (χ3n) is 4.66. The van der Waals surface area contributed by atoms with Crippen LogP contribution in [0.5, 0.6) is 5.75 Å². The summed E-state index contributed by atoms with van der Waals surface area (Å²) in [6, 6.07) is 6.48. The molecule has 5 heteroatoms. The fourth-order valence-corrected chi connectivity index (χ4v) is 3.26. The minimum atomic E-state index is -0.397. The van der Waals surface area contributed by atoms with Crippen molar-refractivity contribution in [1.29, 1.82) is 0 Å². The molecule has 0 aromatic heterocycles. The number of ether oxygens (including phenoxy) is 2. The molecule has 2 aliphatic heterocycles. The zero-order valence-electron chi connectivity index (χ0n) is 14.4. The van der Waals surface area contributed by atoms with Crippen molar-refractivity contribution in [2.45, 2.75) is 26.0 Å². The van der Waals surface area contributed by atoms with Gasteiger partial charge in [0.25, 0.3) is 5.91 Å². The van der Waals surface area contributed by atoms with Crippen molar-refractivity contribution in [1.82, 2.24) is 9.80 Å². The van der Waals surface area contributed by atoms with Gasteiger partial charge in [-0.2, -0.15) is 0 Å². The van der Waals surface area contributed by atoms with E-state index in [2.05, 4.69) is 29.7 Å². The SMILES string of the molecule is C=CCOC(C)C(=O)N1CCN(Cc2ccc3c(c2)CCO3)CC1. The maximum atomic E-state index is 12.3. The molecule has 3 rings (SSSR count). The lowest BCUT2D eigenvalue weighted by Gasteiger charge is -2.35. The summed E-state index contributed by atoms with van der Waals surface area (Å²) in [5.41, 5.74) is 2.64. The normalized spacial score (nSPS) is 18.8. The summed E-state index contributed by atoms with van der Waals surface area (Å²) in [5, 5.41) is 0. The Kier molecular flexibility index (Phi) is 5.53. The van der Waals surface area contributed by atoms with Gasteiger partial charge in [-0.25, -0.2) is 0 Å². The van der Waals surface area contributed by atoms with Gasteiger partial charge in [0.2, 0.25) is 0 Å². The summed E-state index contributed by atoms with van der Waals surface area (Å²) in [4.78, 5) is 16.6. The summed E-state index contributed by atoms with van der Waals surface area (Å²) >= 11 is 0. The average Bonchev–Trinajstić information content (AvgIpc) is 3.07. The van der Waals surface area contributed by atoms with Crippen LogP contribution in [-0.2, 0) is 22.5 Å². The van der Waals surface area contributed by atoms with Crippen molar-refractivity contribution >= 4 is 5.91 Å². The first-order valence-corrected chi connectivity index (χ1v) is 8.65. The highest BCUT2D eigenvalue weighted by atomic mass is 16.5. The number of carbonyl (C=O) groups excluding carboxylic acids is 1. The number of piperazine rings is 1. The average molecular weight is 330 g/mol. The Labute approximate surface area is 143 Å². The maximum absolute atomic E-state index is 12.3. The monoisotopic (exact) mass is 330 g/mol. The Hall–Kier alpha value is -1.85. The lowest BCUT2D eigenvalue weighted by molar-refractivity contribution is -0.143. The van der Waals surface area contributed by atoms with E-state index in [4.69, 9.17) is 9.47 Å². The Morgan fingerprint density at radius 2 is 2.17 bits per heavy atom. The summed E-state index contributed by atoms with van der Waals surface area (Å²) in [5.74, 6) is 1.11. The van der Waals surface area contributed by atoms with Crippen molar-refractivity contribution in [3.8, 4) is 5.75 Å². The molecule has 1 amide bonds. The molecule has 0 N–H and O–H groups in total. The van der Waals surface area contributed by atoms with Crippen molar-refractivity contribution in [3.63, 3.8) is 0 Å². The molecule has 1 saturated heterocycles. The minimum Gasteiger partial charge on any atom is -0.493 e. The largest absolute Gasteiger partial charge is 0.493 e. The predicted octanol–water partition coefficient (Wildman–Crippen LogP) is 1.86. The highest BCUT2D eigenvalue weighted by molar-refractivity contribution is 5.80. The fraction of sp³-hybridized carbons (Fsp3) is 0.526. The van der Waals surface area contributed by atoms with Crippen molar-refractivity contribution in [3.05, 3.63) is 42.0 Å². The predicted molar refractivity (Wildman–Crippen MR) is 93.1 cm³/mol. The molecule has 130 valence electrons. The van der Waals surface area contributed by atoms with Crippen LogP contribution in [0.1, 0.15) is 18.1 Å². The van der Waals surface area contributed by atoms with E-state index in [9.17, 15) is 4.79 Å². The highest BCUT2D eigenvalue weighted by Crippen LogP contribution is 2.26. The number of nitrogens with zero attached hydrogens (tertiary/aromatic N) is 2. The van der Waals surface area contributed by atoms with Crippen LogP contribution in [0.25, 0.3) is 0 Å². The number of fused-ring (bicyclic) bond motifs is 1. The zero-order chi connectivity index (χ0) is 16.9. The first-order valence-electron chi connectivity index (χ1n) is 8.65. The molecular formula is C19H26N2O3. The number of carbonyl (C=O) groups is 1. The van der Waals surface area contributed by atoms with Crippen LogP contribution in [0.2, 0.25) is 0 Å². The molecule has 1 fully saturated rings. The van der Waals surface area contributed by atoms with Gasteiger partial charge < -0.3 is 14.4 Å². The lowest BCUT2D eigenvalue weighted by atomic mass is 10.1. The van der Waals surface area contributed by atoms with Gasteiger partial charge in [-0.3, -0.25) is 9.69 Å². The number of amides is 1. The van der Waals surface area contributed by atoms with Crippen LogP contribution in [0, 0.1) is 0 Å². The van der Waals surface area contributed by atoms with E-state index in [-0.39, 0.29) is 5.91 Å². The Morgan fingerprint density at radius 3 is 2.92 bits per heavy atom. The first kappa shape index (κ1) is 17.0. The number of hydrogen-bond donors (Lipinski definition) is 0. The summed E-state index contributed by atoms with van der Waals surface area (Å²) in [6.07, 6.45) is 2.28. The second kappa shape index (κ2) is 7.81. The molecule has 1 aromatic carbocycles. The third-order valence-corrected chi connectivity index (χ3v) is 4.66. The maximum Gasteiger partial charge on any atom is 0.251 e. The van der Waals surface area contributed by atoms with Crippen molar-refractivity contribution in [2.75, 3.05) is 39.4 Å². The first-order chi connectivity index (χ1) is 11.7. The molecule has 0 aliphatic carbocycles. The molecule has 1 unspecified atom stereocenters. The van der Waals surface area contributed by atoms with Gasteiger partial charge in [-0.05, 0) is 24.1 Å². The van der Waals surface area contributed by atoms with E-state index in [0.717, 1.165) is 51.5 Å². The molecule has 0 bridgehead atoms. The molecule has 24 heavy (non-hydrogen) atoms. The number of benzene rings is 1. The quantitative estimate of drug-likeness (QED) is 0.747. The van der Waals surface area contributed by atoms with Gasteiger partial charge >= 0.3 is 0 Å². The fourth-order valence-electron chi connectivity index (χ4n) is 3.26. The highest BCUT2D eigenvalue weighted by Gasteiger charge is 2.25. The van der Waals surface area contributed by atoms with Gasteiger partial charge in [0.15, 0.2) is 0 Å². The number of rotatable bonds is 6. The van der Waals surface area contributed by atoms with E-state index < -0.39 is 6.10 Å². The van der Waals surface area contributed by atoms with Crippen molar-refractivity contribution in [2.24, 2.45) is 0 Å². The van der Waals surface area contributed by atoms with Crippen LogP contribution in [0.15, 0.2) is 30.9 Å². The lowest BCUT2D eigenvalue weighted by Crippen LogP contribution is -2.51. The van der Waals surface area contributed by atoms with E-state index in [1.165, 1.54) is 11.1 Å². The Morgan fingerprint density at radius 1 is 1.38 bits per heavy atom. The third kappa shape index (κ3) is 3.97. The molecule has 1 atom stereocenters. The topological polar surface area (TPSA) is 42.0 Å².